The molecule has 2 rings (SSSR count). The lowest BCUT2D eigenvalue weighted by Gasteiger charge is -2.13. The Morgan fingerprint density at radius 1 is 1.33 bits per heavy atom. The predicted molar refractivity (Wildman–Crippen MR) is 69.6 cm³/mol. The average Bonchev–Trinajstić information content (AvgIpc) is 2.65. The van der Waals surface area contributed by atoms with E-state index in [0.29, 0.717) is 5.69 Å². The second-order valence-electron chi connectivity index (χ2n) is 3.47. The Morgan fingerprint density at radius 2 is 2.00 bits per heavy atom. The fourth-order valence-corrected chi connectivity index (χ4v) is 2.47. The number of amides is 3. The average molecular weight is 285 g/mol. The molecule has 0 aliphatic carbocycles. The summed E-state index contributed by atoms with van der Waals surface area (Å²) in [4.78, 5) is 35.9. The van der Waals surface area contributed by atoms with Gasteiger partial charge in [0.15, 0.2) is 5.37 Å². The molecule has 0 bridgehead atoms. The quantitative estimate of drug-likeness (QED) is 0.856. The number of benzene rings is 1. The van der Waals surface area contributed by atoms with Crippen molar-refractivity contribution in [2.24, 2.45) is 0 Å². The summed E-state index contributed by atoms with van der Waals surface area (Å²) in [5, 5.41) is 1.08. The summed E-state index contributed by atoms with van der Waals surface area (Å²) >= 11 is 6.10. The first-order valence-corrected chi connectivity index (χ1v) is 6.50. The Kier molecular flexibility index (Phi) is 3.88. The van der Waals surface area contributed by atoms with Crippen molar-refractivity contribution in [3.63, 3.8) is 0 Å². The van der Waals surface area contributed by atoms with Gasteiger partial charge < -0.3 is 5.32 Å². The van der Waals surface area contributed by atoms with E-state index < -0.39 is 22.4 Å². The van der Waals surface area contributed by atoms with Gasteiger partial charge in [-0.2, -0.15) is 0 Å². The van der Waals surface area contributed by atoms with Crippen molar-refractivity contribution < 1.29 is 14.4 Å². The van der Waals surface area contributed by atoms with Gasteiger partial charge in [-0.05, 0) is 23.9 Å². The van der Waals surface area contributed by atoms with Crippen molar-refractivity contribution in [1.82, 2.24) is 5.32 Å². The lowest BCUT2D eigenvalue weighted by molar-refractivity contribution is -0.123. The number of carbonyl (C=O) groups excluding carboxylic acids is 3. The Bertz CT molecular complexity index is 494. The van der Waals surface area contributed by atoms with E-state index in [-0.39, 0.29) is 5.88 Å². The summed E-state index contributed by atoms with van der Waals surface area (Å²) in [7, 11) is 0. The number of para-hydroxylation sites is 1. The van der Waals surface area contributed by atoms with Gasteiger partial charge in [0, 0.05) is 0 Å². The van der Waals surface area contributed by atoms with E-state index >= 15 is 0 Å². The third-order valence-corrected chi connectivity index (χ3v) is 3.46. The Morgan fingerprint density at radius 3 is 2.61 bits per heavy atom. The van der Waals surface area contributed by atoms with E-state index in [9.17, 15) is 14.4 Å². The van der Waals surface area contributed by atoms with Crippen LogP contribution in [-0.2, 0) is 9.59 Å². The molecule has 1 aliphatic rings. The van der Waals surface area contributed by atoms with E-state index in [1.54, 1.807) is 30.3 Å². The van der Waals surface area contributed by atoms with Gasteiger partial charge in [-0.1, -0.05) is 18.2 Å². The van der Waals surface area contributed by atoms with Crippen molar-refractivity contribution in [1.29, 1.82) is 0 Å². The lowest BCUT2D eigenvalue weighted by Crippen LogP contribution is -2.41. The van der Waals surface area contributed by atoms with Gasteiger partial charge in [-0.25, -0.2) is 4.90 Å². The van der Waals surface area contributed by atoms with E-state index in [4.69, 9.17) is 11.6 Å². The molecule has 1 atom stereocenters. The van der Waals surface area contributed by atoms with Crippen LogP contribution < -0.4 is 10.2 Å². The number of nitrogens with one attached hydrogen (secondary N) is 1. The molecule has 18 heavy (non-hydrogen) atoms. The van der Waals surface area contributed by atoms with Crippen LogP contribution in [0.3, 0.4) is 0 Å². The molecule has 1 aromatic rings. The highest BCUT2D eigenvalue weighted by atomic mass is 35.5. The van der Waals surface area contributed by atoms with Crippen LogP contribution in [0.25, 0.3) is 0 Å². The molecule has 7 heteroatoms. The zero-order valence-corrected chi connectivity index (χ0v) is 10.7. The zero-order chi connectivity index (χ0) is 13.1. The minimum absolute atomic E-state index is 0.246. The van der Waals surface area contributed by atoms with Gasteiger partial charge in [0.25, 0.3) is 11.1 Å². The van der Waals surface area contributed by atoms with Crippen molar-refractivity contribution in [2.45, 2.75) is 5.37 Å². The van der Waals surface area contributed by atoms with Crippen LogP contribution in [0.4, 0.5) is 10.5 Å². The molecule has 1 heterocycles. The van der Waals surface area contributed by atoms with Gasteiger partial charge in [0.1, 0.15) is 5.88 Å². The third kappa shape index (κ3) is 2.49. The van der Waals surface area contributed by atoms with E-state index in [1.807, 2.05) is 0 Å². The van der Waals surface area contributed by atoms with Gasteiger partial charge >= 0.3 is 0 Å². The molecule has 1 unspecified atom stereocenters. The standard InChI is InChI=1S/C11H9ClN2O3S/c12-6-8(15)13-9-10(16)14(11(17)18-9)7-4-2-1-3-5-7/h1-5,9H,6H2,(H,13,15). The second-order valence-corrected chi connectivity index (χ2v) is 4.80. The molecule has 0 aromatic heterocycles. The van der Waals surface area contributed by atoms with Gasteiger partial charge in [-0.15, -0.1) is 11.6 Å². The number of imide groups is 1. The van der Waals surface area contributed by atoms with Crippen molar-refractivity contribution in [2.75, 3.05) is 10.8 Å². The second kappa shape index (κ2) is 5.41. The first kappa shape index (κ1) is 12.9. The van der Waals surface area contributed by atoms with Crippen LogP contribution in [0.2, 0.25) is 0 Å². The van der Waals surface area contributed by atoms with Crippen LogP contribution in [0, 0.1) is 0 Å². The maximum atomic E-state index is 12.0. The molecular formula is C11H9ClN2O3S. The Balaban J connectivity index is 2.17. The summed E-state index contributed by atoms with van der Waals surface area (Å²) in [5.41, 5.74) is 0.489. The fourth-order valence-electron chi connectivity index (χ4n) is 1.50. The molecule has 0 radical (unpaired) electrons. The molecule has 1 aliphatic heterocycles. The van der Waals surface area contributed by atoms with E-state index in [1.165, 1.54) is 0 Å². The molecule has 1 aromatic carbocycles. The largest absolute Gasteiger partial charge is 0.335 e. The number of halogens is 1. The van der Waals surface area contributed by atoms with Gasteiger partial charge in [-0.3, -0.25) is 14.4 Å². The Hall–Kier alpha value is -1.53. The molecule has 94 valence electrons. The van der Waals surface area contributed by atoms with Crippen LogP contribution in [-0.4, -0.2) is 28.3 Å². The minimum atomic E-state index is -0.899. The highest BCUT2D eigenvalue weighted by Gasteiger charge is 2.41. The van der Waals surface area contributed by atoms with Crippen molar-refractivity contribution in [3.8, 4) is 0 Å². The molecule has 3 amide bonds. The molecule has 5 nitrogen and oxygen atoms in total. The number of thioether (sulfide) groups is 1. The van der Waals surface area contributed by atoms with Gasteiger partial charge in [0.2, 0.25) is 5.91 Å². The molecule has 1 saturated heterocycles. The number of alkyl halides is 1. The van der Waals surface area contributed by atoms with Crippen molar-refractivity contribution in [3.05, 3.63) is 30.3 Å². The minimum Gasteiger partial charge on any atom is -0.335 e. The number of anilines is 1. The summed E-state index contributed by atoms with van der Waals surface area (Å²) in [6, 6.07) is 8.55. The van der Waals surface area contributed by atoms with E-state index in [2.05, 4.69) is 5.32 Å². The van der Waals surface area contributed by atoms with Crippen LogP contribution in [0.5, 0.6) is 0 Å². The molecular weight excluding hydrogens is 276 g/mol. The molecule has 0 spiro atoms. The normalized spacial score (nSPS) is 19.2. The summed E-state index contributed by atoms with van der Waals surface area (Å²) in [6.07, 6.45) is 0. The molecule has 0 saturated carbocycles. The number of hydrogen-bond donors (Lipinski definition) is 1. The van der Waals surface area contributed by atoms with Crippen LogP contribution >= 0.6 is 23.4 Å². The molecule has 1 fully saturated rings. The monoisotopic (exact) mass is 284 g/mol. The number of carbonyl (C=O) groups is 3. The first-order valence-electron chi connectivity index (χ1n) is 5.08. The predicted octanol–water partition coefficient (Wildman–Crippen LogP) is 1.57. The number of rotatable bonds is 3. The topological polar surface area (TPSA) is 66.5 Å². The van der Waals surface area contributed by atoms with Gasteiger partial charge in [0.05, 0.1) is 5.69 Å². The van der Waals surface area contributed by atoms with Crippen molar-refractivity contribution >= 4 is 46.1 Å². The lowest BCUT2D eigenvalue weighted by atomic mass is 10.3. The fraction of sp³-hybridized carbons (Fsp3) is 0.182. The SMILES string of the molecule is O=C(CCl)NC1SC(=O)N(c2ccccc2)C1=O. The smallest absolute Gasteiger partial charge is 0.295 e. The third-order valence-electron chi connectivity index (χ3n) is 2.27. The summed E-state index contributed by atoms with van der Waals surface area (Å²) in [6.45, 7) is 0. The number of hydrogen-bond acceptors (Lipinski definition) is 4. The number of nitrogens with zero attached hydrogens (tertiary/aromatic N) is 1. The van der Waals surface area contributed by atoms with E-state index in [0.717, 1.165) is 16.7 Å². The summed E-state index contributed by atoms with van der Waals surface area (Å²) in [5.74, 6) is -1.19. The highest BCUT2D eigenvalue weighted by molar-refractivity contribution is 8.15. The van der Waals surface area contributed by atoms with Crippen LogP contribution in [0.1, 0.15) is 0 Å². The summed E-state index contributed by atoms with van der Waals surface area (Å²) < 4.78 is 0. The zero-order valence-electron chi connectivity index (χ0n) is 9.13. The Labute approximate surface area is 112 Å². The maximum Gasteiger partial charge on any atom is 0.295 e. The molecule has 1 N–H and O–H groups in total. The maximum absolute atomic E-state index is 12.0. The van der Waals surface area contributed by atoms with Crippen LogP contribution in [0.15, 0.2) is 30.3 Å². The highest BCUT2D eigenvalue weighted by Crippen LogP contribution is 2.30. The first-order chi connectivity index (χ1) is 8.63.